The maximum atomic E-state index is 12.3. The number of thiophene rings is 1. The van der Waals surface area contributed by atoms with Gasteiger partial charge in [-0.25, -0.2) is 4.79 Å². The molecular weight excluding hydrogens is 400 g/mol. The molecule has 0 aliphatic heterocycles. The summed E-state index contributed by atoms with van der Waals surface area (Å²) < 4.78 is 5.88. The molecule has 7 heteroatoms. The molecule has 1 aromatic heterocycles. The van der Waals surface area contributed by atoms with Crippen molar-refractivity contribution in [3.05, 3.63) is 50.7 Å². The van der Waals surface area contributed by atoms with Crippen molar-refractivity contribution in [3.63, 3.8) is 0 Å². The zero-order chi connectivity index (χ0) is 20.1. The zero-order valence-electron chi connectivity index (χ0n) is 15.4. The van der Waals surface area contributed by atoms with Gasteiger partial charge in [-0.2, -0.15) is 0 Å². The molecule has 1 aromatic carbocycles. The van der Waals surface area contributed by atoms with E-state index in [0.29, 0.717) is 34.2 Å². The molecule has 1 saturated carbocycles. The van der Waals surface area contributed by atoms with Crippen molar-refractivity contribution >= 4 is 34.7 Å². The monoisotopic (exact) mass is 422 g/mol. The van der Waals surface area contributed by atoms with Crippen molar-refractivity contribution in [3.8, 4) is 5.75 Å². The number of carbonyl (C=O) groups is 2. The average Bonchev–Trinajstić information content (AvgIpc) is 3.27. The van der Waals surface area contributed by atoms with Crippen LogP contribution >= 0.6 is 22.9 Å². The second kappa shape index (κ2) is 9.54. The number of halogens is 1. The van der Waals surface area contributed by atoms with Gasteiger partial charge in [0, 0.05) is 28.2 Å². The van der Waals surface area contributed by atoms with Gasteiger partial charge in [0.05, 0.1) is 13.2 Å². The van der Waals surface area contributed by atoms with Gasteiger partial charge < -0.3 is 14.9 Å². The molecule has 2 aromatic rings. The number of Topliss-reactive ketones (excluding diaryl/α,β-unsaturated/α-hetero) is 1. The maximum Gasteiger partial charge on any atom is 0.345 e. The molecule has 0 spiro atoms. The second-order valence-corrected chi connectivity index (χ2v) is 8.70. The van der Waals surface area contributed by atoms with Gasteiger partial charge in [0.2, 0.25) is 0 Å². The van der Waals surface area contributed by atoms with E-state index in [1.807, 2.05) is 6.07 Å². The minimum absolute atomic E-state index is 0.0181. The van der Waals surface area contributed by atoms with Crippen LogP contribution in [0.3, 0.4) is 0 Å². The molecule has 28 heavy (non-hydrogen) atoms. The van der Waals surface area contributed by atoms with E-state index in [1.54, 1.807) is 24.3 Å². The van der Waals surface area contributed by atoms with Crippen molar-refractivity contribution in [1.29, 1.82) is 0 Å². The largest absolute Gasteiger partial charge is 0.493 e. The van der Waals surface area contributed by atoms with Crippen molar-refractivity contribution in [2.75, 3.05) is 6.61 Å². The molecule has 1 heterocycles. The summed E-state index contributed by atoms with van der Waals surface area (Å²) in [5, 5.41) is 18.8. The Morgan fingerprint density at radius 3 is 2.82 bits per heavy atom. The molecule has 1 unspecified atom stereocenters. The first-order valence-electron chi connectivity index (χ1n) is 9.34. The second-order valence-electron chi connectivity index (χ2n) is 7.10. The number of hydrogen-bond acceptors (Lipinski definition) is 5. The van der Waals surface area contributed by atoms with E-state index in [2.05, 4.69) is 0 Å². The summed E-state index contributed by atoms with van der Waals surface area (Å²) in [7, 11) is 0. The topological polar surface area (TPSA) is 83.8 Å². The molecule has 0 bridgehead atoms. The number of rotatable bonds is 9. The van der Waals surface area contributed by atoms with Gasteiger partial charge in [0.15, 0.2) is 0 Å². The van der Waals surface area contributed by atoms with Gasteiger partial charge in [-0.3, -0.25) is 4.79 Å². The highest BCUT2D eigenvalue weighted by atomic mass is 35.5. The predicted molar refractivity (Wildman–Crippen MR) is 108 cm³/mol. The average molecular weight is 423 g/mol. The van der Waals surface area contributed by atoms with Crippen LogP contribution in [0.15, 0.2) is 30.3 Å². The van der Waals surface area contributed by atoms with E-state index in [0.717, 1.165) is 30.6 Å². The number of aryl methyl sites for hydroxylation is 1. The lowest BCUT2D eigenvalue weighted by atomic mass is 9.91. The number of aliphatic hydroxyl groups excluding tert-OH is 1. The molecule has 5 nitrogen and oxygen atoms in total. The van der Waals surface area contributed by atoms with Crippen LogP contribution < -0.4 is 4.74 Å². The minimum Gasteiger partial charge on any atom is -0.493 e. The first-order valence-corrected chi connectivity index (χ1v) is 10.5. The van der Waals surface area contributed by atoms with Gasteiger partial charge in [0.1, 0.15) is 16.4 Å². The van der Waals surface area contributed by atoms with Crippen LogP contribution in [-0.2, 0) is 17.8 Å². The molecule has 150 valence electrons. The Kier molecular flexibility index (Phi) is 7.10. The number of carbonyl (C=O) groups excluding carboxylic acids is 1. The summed E-state index contributed by atoms with van der Waals surface area (Å²) in [6.45, 7) is 0.345. The number of aromatic carboxylic acids is 1. The maximum absolute atomic E-state index is 12.3. The van der Waals surface area contributed by atoms with E-state index >= 15 is 0 Å². The van der Waals surface area contributed by atoms with E-state index in [1.165, 1.54) is 11.3 Å². The number of benzene rings is 1. The Bertz CT molecular complexity index is 847. The van der Waals surface area contributed by atoms with Crippen molar-refractivity contribution < 1.29 is 24.5 Å². The van der Waals surface area contributed by atoms with Gasteiger partial charge >= 0.3 is 5.97 Å². The fraction of sp³-hybridized carbons (Fsp3) is 0.429. The molecule has 0 radical (unpaired) electrons. The SMILES string of the molecule is O=C(O)c1ccc(CCCC2C(=O)CC[C@@H]2COc2cc(Cl)cc(CO)c2)s1. The van der Waals surface area contributed by atoms with Crippen molar-refractivity contribution in [2.45, 2.75) is 38.7 Å². The molecule has 1 aliphatic rings. The quantitative estimate of drug-likeness (QED) is 0.617. The Balaban J connectivity index is 1.52. The highest BCUT2D eigenvalue weighted by molar-refractivity contribution is 7.13. The summed E-state index contributed by atoms with van der Waals surface area (Å²) in [4.78, 5) is 24.6. The highest BCUT2D eigenvalue weighted by Gasteiger charge is 2.34. The van der Waals surface area contributed by atoms with Crippen LogP contribution in [0.1, 0.15) is 45.8 Å². The van der Waals surface area contributed by atoms with E-state index in [-0.39, 0.29) is 24.2 Å². The van der Waals surface area contributed by atoms with Crippen LogP contribution in [0.5, 0.6) is 5.75 Å². The Hall–Kier alpha value is -1.89. The first-order chi connectivity index (χ1) is 13.5. The Labute approximate surface area is 172 Å². The fourth-order valence-electron chi connectivity index (χ4n) is 3.70. The van der Waals surface area contributed by atoms with Gasteiger partial charge in [-0.1, -0.05) is 11.6 Å². The lowest BCUT2D eigenvalue weighted by molar-refractivity contribution is -0.121. The standard InChI is InChI=1S/C21H23ClO5S/c22-15-8-13(11-23)9-16(10-15)27-12-14-4-6-19(24)18(14)3-1-2-17-5-7-20(28-17)21(25)26/h5,7-10,14,18,23H,1-4,6,11-12H2,(H,25,26)/t14-,18?/m1/s1. The van der Waals surface area contributed by atoms with Crippen LogP contribution in [0.25, 0.3) is 0 Å². The van der Waals surface area contributed by atoms with E-state index in [4.69, 9.17) is 21.4 Å². The summed E-state index contributed by atoms with van der Waals surface area (Å²) in [6, 6.07) is 8.64. The third kappa shape index (κ3) is 5.34. The lowest BCUT2D eigenvalue weighted by Crippen LogP contribution is -2.21. The number of carboxylic acid groups (broad SMARTS) is 1. The predicted octanol–water partition coefficient (Wildman–Crippen LogP) is 4.59. The fourth-order valence-corrected chi connectivity index (χ4v) is 4.83. The van der Waals surface area contributed by atoms with Crippen molar-refractivity contribution in [2.24, 2.45) is 11.8 Å². The molecular formula is C21H23ClO5S. The summed E-state index contributed by atoms with van der Waals surface area (Å²) >= 11 is 7.34. The van der Waals surface area contributed by atoms with Gasteiger partial charge in [-0.05, 0) is 61.6 Å². The number of hydrogen-bond donors (Lipinski definition) is 2. The normalized spacial score (nSPS) is 19.1. The van der Waals surface area contributed by atoms with Crippen molar-refractivity contribution in [1.82, 2.24) is 0 Å². The molecule has 0 saturated heterocycles. The number of ketones is 1. The zero-order valence-corrected chi connectivity index (χ0v) is 17.0. The molecule has 2 N–H and O–H groups in total. The molecule has 1 aliphatic carbocycles. The van der Waals surface area contributed by atoms with Crippen LogP contribution in [0, 0.1) is 11.8 Å². The highest BCUT2D eigenvalue weighted by Crippen LogP contribution is 2.34. The van der Waals surface area contributed by atoms with E-state index in [9.17, 15) is 14.7 Å². The first kappa shape index (κ1) is 20.8. The van der Waals surface area contributed by atoms with Gasteiger partial charge in [-0.15, -0.1) is 11.3 Å². The van der Waals surface area contributed by atoms with E-state index < -0.39 is 5.97 Å². The third-order valence-electron chi connectivity index (χ3n) is 5.13. The lowest BCUT2D eigenvalue weighted by Gasteiger charge is -2.19. The number of carboxylic acids is 1. The number of aliphatic hydroxyl groups is 1. The molecule has 0 amide bonds. The smallest absolute Gasteiger partial charge is 0.345 e. The van der Waals surface area contributed by atoms with Crippen LogP contribution in [0.4, 0.5) is 0 Å². The van der Waals surface area contributed by atoms with Gasteiger partial charge in [0.25, 0.3) is 0 Å². The summed E-state index contributed by atoms with van der Waals surface area (Å²) in [5.74, 6) is 0.143. The summed E-state index contributed by atoms with van der Waals surface area (Å²) in [6.07, 6.45) is 3.81. The molecule has 1 fully saturated rings. The van der Waals surface area contributed by atoms with Crippen LogP contribution in [0.2, 0.25) is 5.02 Å². The number of ether oxygens (including phenoxy) is 1. The molecule has 3 rings (SSSR count). The van der Waals surface area contributed by atoms with Crippen LogP contribution in [-0.4, -0.2) is 28.6 Å². The molecule has 2 atom stereocenters. The Morgan fingerprint density at radius 2 is 2.11 bits per heavy atom. The summed E-state index contributed by atoms with van der Waals surface area (Å²) in [5.41, 5.74) is 0.693. The Morgan fingerprint density at radius 1 is 1.29 bits per heavy atom. The minimum atomic E-state index is -0.898. The third-order valence-corrected chi connectivity index (χ3v) is 6.48.